The fourth-order valence-electron chi connectivity index (χ4n) is 2.02. The Morgan fingerprint density at radius 3 is 2.95 bits per heavy atom. The Bertz CT molecular complexity index is 890. The molecule has 0 fully saturated rings. The molecule has 0 aliphatic rings. The minimum Gasteiger partial charge on any atom is -0.382 e. The van der Waals surface area contributed by atoms with E-state index < -0.39 is 0 Å². The lowest BCUT2D eigenvalue weighted by molar-refractivity contribution is 0.102. The highest BCUT2D eigenvalue weighted by molar-refractivity contribution is 7.18. The van der Waals surface area contributed by atoms with E-state index in [9.17, 15) is 9.70 Å². The number of fused-ring (bicyclic) bond motifs is 1. The Morgan fingerprint density at radius 2 is 2.18 bits per heavy atom. The summed E-state index contributed by atoms with van der Waals surface area (Å²) in [5.74, 6) is 0.0212. The molecule has 0 bridgehead atoms. The van der Waals surface area contributed by atoms with E-state index in [4.69, 9.17) is 5.73 Å². The van der Waals surface area contributed by atoms with Gasteiger partial charge < -0.3 is 11.1 Å². The number of benzene rings is 1. The number of nitrogen functional groups attached to an aromatic ring is 1. The van der Waals surface area contributed by atoms with E-state index in [0.29, 0.717) is 27.3 Å². The molecule has 8 heteroatoms. The number of carbonyl (C=O) groups is 1. The second-order valence-corrected chi connectivity index (χ2v) is 5.51. The fourth-order valence-corrected chi connectivity index (χ4v) is 2.92. The van der Waals surface area contributed by atoms with Crippen LogP contribution in [0, 0.1) is 11.8 Å². The maximum atomic E-state index is 12.4. The van der Waals surface area contributed by atoms with Gasteiger partial charge in [0.15, 0.2) is 0 Å². The first-order valence-corrected chi connectivity index (χ1v) is 7.21. The first-order chi connectivity index (χ1) is 10.6. The molecule has 0 saturated carbocycles. The number of aromatic nitrogens is 2. The molecule has 3 aromatic rings. The van der Waals surface area contributed by atoms with Crippen LogP contribution in [0.5, 0.6) is 0 Å². The maximum Gasteiger partial charge on any atom is 0.258 e. The van der Waals surface area contributed by atoms with Crippen LogP contribution in [0.4, 0.5) is 17.2 Å². The number of carbonyl (C=O) groups excluding carboxylic acids is 1. The highest BCUT2D eigenvalue weighted by atomic mass is 32.1. The molecule has 3 rings (SSSR count). The predicted octanol–water partition coefficient (Wildman–Crippen LogP) is 3.23. The molecule has 2 heterocycles. The van der Waals surface area contributed by atoms with Crippen molar-refractivity contribution in [1.29, 1.82) is 0 Å². The van der Waals surface area contributed by atoms with Crippen molar-refractivity contribution in [1.82, 2.24) is 9.97 Å². The lowest BCUT2D eigenvalue weighted by atomic mass is 10.1. The molecule has 22 heavy (non-hydrogen) atoms. The monoisotopic (exact) mass is 313 g/mol. The SMILES string of the molecule is Cc1ccc(N=O)cc1NC(=O)c1csc2c(N)ncnc12. The number of nitrogens with one attached hydrogen (secondary N) is 1. The van der Waals surface area contributed by atoms with Gasteiger partial charge in [0.2, 0.25) is 0 Å². The number of hydrogen-bond donors (Lipinski definition) is 2. The first kappa shape index (κ1) is 14.1. The van der Waals surface area contributed by atoms with Gasteiger partial charge in [0.25, 0.3) is 5.91 Å². The van der Waals surface area contributed by atoms with Crippen molar-refractivity contribution in [3.05, 3.63) is 45.9 Å². The number of aryl methyl sites for hydroxylation is 1. The molecular weight excluding hydrogens is 302 g/mol. The van der Waals surface area contributed by atoms with Crippen LogP contribution >= 0.6 is 11.3 Å². The molecule has 0 unspecified atom stereocenters. The van der Waals surface area contributed by atoms with Crippen molar-refractivity contribution in [3.8, 4) is 0 Å². The van der Waals surface area contributed by atoms with E-state index in [2.05, 4.69) is 20.5 Å². The molecule has 0 atom stereocenters. The van der Waals surface area contributed by atoms with Gasteiger partial charge in [-0.25, -0.2) is 9.97 Å². The Labute approximate surface area is 129 Å². The van der Waals surface area contributed by atoms with Crippen LogP contribution in [0.15, 0.2) is 35.1 Å². The van der Waals surface area contributed by atoms with Gasteiger partial charge in [-0.3, -0.25) is 4.79 Å². The van der Waals surface area contributed by atoms with Crippen LogP contribution in [0.25, 0.3) is 10.2 Å². The molecule has 110 valence electrons. The Balaban J connectivity index is 1.97. The molecular formula is C14H11N5O2S. The van der Waals surface area contributed by atoms with Crippen molar-refractivity contribution in [2.75, 3.05) is 11.1 Å². The standard InChI is InChI=1S/C14H11N5O2S/c1-7-2-3-8(19-21)4-10(7)18-14(20)9-5-22-12-11(9)16-6-17-13(12)15/h2-6H,1H3,(H,18,20)(H2,15,16,17). The molecule has 1 amide bonds. The third kappa shape index (κ3) is 2.40. The average molecular weight is 313 g/mol. The van der Waals surface area contributed by atoms with Crippen LogP contribution in [-0.2, 0) is 0 Å². The topological polar surface area (TPSA) is 110 Å². The summed E-state index contributed by atoms with van der Waals surface area (Å²) in [6.45, 7) is 1.83. The number of nitrogens with zero attached hydrogens (tertiary/aromatic N) is 3. The van der Waals surface area contributed by atoms with Gasteiger partial charge in [0, 0.05) is 11.1 Å². The van der Waals surface area contributed by atoms with Gasteiger partial charge in [0.1, 0.15) is 17.8 Å². The second kappa shape index (κ2) is 5.49. The zero-order chi connectivity index (χ0) is 15.7. The number of thiophene rings is 1. The molecule has 7 nitrogen and oxygen atoms in total. The lowest BCUT2D eigenvalue weighted by Gasteiger charge is -2.08. The zero-order valence-electron chi connectivity index (χ0n) is 11.5. The highest BCUT2D eigenvalue weighted by Gasteiger charge is 2.16. The number of hydrogen-bond acceptors (Lipinski definition) is 7. The summed E-state index contributed by atoms with van der Waals surface area (Å²) < 4.78 is 0.674. The zero-order valence-corrected chi connectivity index (χ0v) is 12.3. The van der Waals surface area contributed by atoms with E-state index in [1.165, 1.54) is 23.7 Å². The highest BCUT2D eigenvalue weighted by Crippen LogP contribution is 2.29. The molecule has 0 spiro atoms. The van der Waals surface area contributed by atoms with Crippen molar-refractivity contribution >= 4 is 44.7 Å². The normalized spacial score (nSPS) is 10.6. The Kier molecular flexibility index (Phi) is 3.51. The van der Waals surface area contributed by atoms with E-state index in [1.54, 1.807) is 17.5 Å². The van der Waals surface area contributed by atoms with Crippen molar-refractivity contribution < 1.29 is 4.79 Å². The molecule has 0 aliphatic heterocycles. The second-order valence-electron chi connectivity index (χ2n) is 4.63. The van der Waals surface area contributed by atoms with Crippen LogP contribution in [-0.4, -0.2) is 15.9 Å². The molecule has 0 saturated heterocycles. The number of anilines is 2. The minimum absolute atomic E-state index is 0.252. The summed E-state index contributed by atoms with van der Waals surface area (Å²) >= 11 is 1.31. The summed E-state index contributed by atoms with van der Waals surface area (Å²) in [6, 6.07) is 4.84. The van der Waals surface area contributed by atoms with Crippen molar-refractivity contribution in [2.45, 2.75) is 6.92 Å². The summed E-state index contributed by atoms with van der Waals surface area (Å²) in [5.41, 5.74) is 8.30. The summed E-state index contributed by atoms with van der Waals surface area (Å²) in [6.07, 6.45) is 1.32. The number of nitroso groups, excluding NO2 is 1. The summed E-state index contributed by atoms with van der Waals surface area (Å²) in [5, 5.41) is 7.32. The summed E-state index contributed by atoms with van der Waals surface area (Å²) in [7, 11) is 0. The summed E-state index contributed by atoms with van der Waals surface area (Å²) in [4.78, 5) is 31.1. The van der Waals surface area contributed by atoms with Gasteiger partial charge in [-0.05, 0) is 29.8 Å². The minimum atomic E-state index is -0.324. The van der Waals surface area contributed by atoms with Crippen molar-refractivity contribution in [2.24, 2.45) is 5.18 Å². The van der Waals surface area contributed by atoms with E-state index in [-0.39, 0.29) is 11.6 Å². The Hall–Kier alpha value is -2.87. The van der Waals surface area contributed by atoms with Crippen LogP contribution in [0.3, 0.4) is 0 Å². The average Bonchev–Trinajstić information content (AvgIpc) is 2.95. The Morgan fingerprint density at radius 1 is 1.36 bits per heavy atom. The van der Waals surface area contributed by atoms with Gasteiger partial charge >= 0.3 is 0 Å². The van der Waals surface area contributed by atoms with Gasteiger partial charge in [-0.1, -0.05) is 6.07 Å². The van der Waals surface area contributed by atoms with Crippen LogP contribution in [0.1, 0.15) is 15.9 Å². The van der Waals surface area contributed by atoms with Crippen LogP contribution < -0.4 is 11.1 Å². The molecule has 0 radical (unpaired) electrons. The van der Waals surface area contributed by atoms with E-state index in [1.807, 2.05) is 6.92 Å². The number of nitrogens with two attached hydrogens (primary N) is 1. The van der Waals surface area contributed by atoms with Crippen LogP contribution in [0.2, 0.25) is 0 Å². The van der Waals surface area contributed by atoms with Gasteiger partial charge in [0.05, 0.1) is 15.8 Å². The third-order valence-electron chi connectivity index (χ3n) is 3.20. The van der Waals surface area contributed by atoms with Crippen molar-refractivity contribution in [3.63, 3.8) is 0 Å². The first-order valence-electron chi connectivity index (χ1n) is 6.33. The molecule has 0 aliphatic carbocycles. The maximum absolute atomic E-state index is 12.4. The number of amides is 1. The largest absolute Gasteiger partial charge is 0.382 e. The third-order valence-corrected chi connectivity index (χ3v) is 4.19. The van der Waals surface area contributed by atoms with E-state index >= 15 is 0 Å². The quantitative estimate of drug-likeness (QED) is 0.721. The fraction of sp³-hybridized carbons (Fsp3) is 0.0714. The van der Waals surface area contributed by atoms with E-state index in [0.717, 1.165) is 5.56 Å². The molecule has 1 aromatic carbocycles. The predicted molar refractivity (Wildman–Crippen MR) is 86.4 cm³/mol. The molecule has 2 aromatic heterocycles. The smallest absolute Gasteiger partial charge is 0.258 e. The molecule has 3 N–H and O–H groups in total. The van der Waals surface area contributed by atoms with Gasteiger partial charge in [-0.15, -0.1) is 16.2 Å². The van der Waals surface area contributed by atoms with Gasteiger partial charge in [-0.2, -0.15) is 0 Å². The lowest BCUT2D eigenvalue weighted by Crippen LogP contribution is -2.12. The number of rotatable bonds is 3.